The summed E-state index contributed by atoms with van der Waals surface area (Å²) >= 11 is 9.31. The van der Waals surface area contributed by atoms with Crippen molar-refractivity contribution >= 4 is 33.5 Å². The first kappa shape index (κ1) is 18.6. The molecular formula is C17H17BrClNO4. The number of hydrogen-bond donors (Lipinski definition) is 2. The van der Waals surface area contributed by atoms with Gasteiger partial charge in [-0.2, -0.15) is 0 Å². The molecular weight excluding hydrogens is 398 g/mol. The third kappa shape index (κ3) is 4.87. The molecule has 1 atom stereocenters. The van der Waals surface area contributed by atoms with E-state index >= 15 is 0 Å². The van der Waals surface area contributed by atoms with Gasteiger partial charge in [0, 0.05) is 10.6 Å². The van der Waals surface area contributed by atoms with E-state index in [2.05, 4.69) is 15.9 Å². The van der Waals surface area contributed by atoms with Crippen LogP contribution in [0.2, 0.25) is 5.02 Å². The zero-order chi connectivity index (χ0) is 17.7. The van der Waals surface area contributed by atoms with Crippen LogP contribution in [-0.4, -0.2) is 24.2 Å². The van der Waals surface area contributed by atoms with E-state index in [9.17, 15) is 4.79 Å². The topological polar surface area (TPSA) is 81.8 Å². The third-order valence-electron chi connectivity index (χ3n) is 3.39. The summed E-state index contributed by atoms with van der Waals surface area (Å²) in [4.78, 5) is 10.9. The fourth-order valence-electron chi connectivity index (χ4n) is 2.16. The van der Waals surface area contributed by atoms with Crippen molar-refractivity contribution in [3.05, 3.63) is 57.0 Å². The summed E-state index contributed by atoms with van der Waals surface area (Å²) in [5.41, 5.74) is 7.19. The second-order valence-electron chi connectivity index (χ2n) is 5.16. The van der Waals surface area contributed by atoms with Crippen molar-refractivity contribution in [3.63, 3.8) is 0 Å². The molecule has 0 radical (unpaired) electrons. The molecule has 0 saturated carbocycles. The maximum Gasteiger partial charge on any atom is 0.320 e. The van der Waals surface area contributed by atoms with E-state index in [-0.39, 0.29) is 13.0 Å². The van der Waals surface area contributed by atoms with Crippen LogP contribution in [0.1, 0.15) is 11.1 Å². The summed E-state index contributed by atoms with van der Waals surface area (Å²) in [5.74, 6) is 0.274. The van der Waals surface area contributed by atoms with E-state index < -0.39 is 12.0 Å². The maximum atomic E-state index is 10.9. The standard InChI is InChI=1S/C17H17BrClNO4/c1-23-15-4-2-10(7-14(20)17(21)22)6-11(15)9-24-16-5-3-12(19)8-13(16)18/h2-6,8,14H,7,9,20H2,1H3,(H,21,22). The van der Waals surface area contributed by atoms with Crippen molar-refractivity contribution in [2.24, 2.45) is 5.73 Å². The average Bonchev–Trinajstić information content (AvgIpc) is 2.54. The Kier molecular flexibility index (Phi) is 6.48. The predicted octanol–water partition coefficient (Wildman–Crippen LogP) is 3.64. The van der Waals surface area contributed by atoms with Gasteiger partial charge >= 0.3 is 5.97 Å². The van der Waals surface area contributed by atoms with Gasteiger partial charge in [-0.25, -0.2) is 0 Å². The number of carboxylic acid groups (broad SMARTS) is 1. The molecule has 0 spiro atoms. The van der Waals surface area contributed by atoms with Crippen LogP contribution in [0.25, 0.3) is 0 Å². The van der Waals surface area contributed by atoms with Crippen LogP contribution in [0.3, 0.4) is 0 Å². The Labute approximate surface area is 153 Å². The molecule has 3 N–H and O–H groups in total. The largest absolute Gasteiger partial charge is 0.496 e. The molecule has 0 heterocycles. The van der Waals surface area contributed by atoms with Crippen molar-refractivity contribution in [3.8, 4) is 11.5 Å². The summed E-state index contributed by atoms with van der Waals surface area (Å²) in [7, 11) is 1.57. The summed E-state index contributed by atoms with van der Waals surface area (Å²) < 4.78 is 11.9. The predicted molar refractivity (Wildman–Crippen MR) is 95.8 cm³/mol. The van der Waals surface area contributed by atoms with E-state index in [1.54, 1.807) is 37.4 Å². The minimum absolute atomic E-state index is 0.233. The first-order chi connectivity index (χ1) is 11.4. The number of halogens is 2. The summed E-state index contributed by atoms with van der Waals surface area (Å²) in [6, 6.07) is 9.72. The highest BCUT2D eigenvalue weighted by Gasteiger charge is 2.14. The number of benzene rings is 2. The van der Waals surface area contributed by atoms with Gasteiger partial charge in [-0.3, -0.25) is 4.79 Å². The second-order valence-corrected chi connectivity index (χ2v) is 6.45. The van der Waals surface area contributed by atoms with Gasteiger partial charge in [0.2, 0.25) is 0 Å². The number of hydrogen-bond acceptors (Lipinski definition) is 4. The Balaban J connectivity index is 2.16. The molecule has 5 nitrogen and oxygen atoms in total. The Morgan fingerprint density at radius 3 is 2.62 bits per heavy atom. The van der Waals surface area contributed by atoms with Crippen LogP contribution in [0.15, 0.2) is 40.9 Å². The quantitative estimate of drug-likeness (QED) is 0.723. The van der Waals surface area contributed by atoms with Gasteiger partial charge in [0.1, 0.15) is 24.1 Å². The lowest BCUT2D eigenvalue weighted by Crippen LogP contribution is -2.32. The summed E-state index contributed by atoms with van der Waals surface area (Å²) in [6.07, 6.45) is 0.233. The molecule has 2 aromatic carbocycles. The van der Waals surface area contributed by atoms with Crippen LogP contribution >= 0.6 is 27.5 Å². The first-order valence-electron chi connectivity index (χ1n) is 7.12. The lowest BCUT2D eigenvalue weighted by molar-refractivity contribution is -0.138. The fourth-order valence-corrected chi connectivity index (χ4v) is 2.96. The molecule has 0 aromatic heterocycles. The van der Waals surface area contributed by atoms with Crippen molar-refractivity contribution in [1.29, 1.82) is 0 Å². The van der Waals surface area contributed by atoms with Crippen LogP contribution in [0, 0.1) is 0 Å². The molecule has 0 fully saturated rings. The normalized spacial score (nSPS) is 11.8. The van der Waals surface area contributed by atoms with Gasteiger partial charge < -0.3 is 20.3 Å². The van der Waals surface area contributed by atoms with Crippen molar-refractivity contribution in [2.75, 3.05) is 7.11 Å². The number of aliphatic carboxylic acids is 1. The lowest BCUT2D eigenvalue weighted by atomic mass is 10.0. The van der Waals surface area contributed by atoms with Crippen LogP contribution in [0.5, 0.6) is 11.5 Å². The fraction of sp³-hybridized carbons (Fsp3) is 0.235. The minimum atomic E-state index is -1.03. The summed E-state index contributed by atoms with van der Waals surface area (Å²) in [6.45, 7) is 0.263. The zero-order valence-electron chi connectivity index (χ0n) is 13.0. The number of ether oxygens (including phenoxy) is 2. The molecule has 0 aliphatic rings. The highest BCUT2D eigenvalue weighted by Crippen LogP contribution is 2.30. The number of nitrogens with two attached hydrogens (primary N) is 1. The number of rotatable bonds is 7. The maximum absolute atomic E-state index is 10.9. The molecule has 0 amide bonds. The Morgan fingerprint density at radius 2 is 2.00 bits per heavy atom. The Bertz CT molecular complexity index is 739. The van der Waals surface area contributed by atoms with E-state index in [1.165, 1.54) is 0 Å². The molecule has 7 heteroatoms. The van der Waals surface area contributed by atoms with Crippen molar-refractivity contribution in [1.82, 2.24) is 0 Å². The van der Waals surface area contributed by atoms with Gasteiger partial charge in [-0.1, -0.05) is 17.7 Å². The van der Waals surface area contributed by atoms with E-state index in [1.807, 2.05) is 6.07 Å². The molecule has 2 rings (SSSR count). The van der Waals surface area contributed by atoms with Crippen molar-refractivity contribution < 1.29 is 19.4 Å². The molecule has 0 aliphatic heterocycles. The van der Waals surface area contributed by atoms with Crippen LogP contribution < -0.4 is 15.2 Å². The molecule has 2 aromatic rings. The molecule has 24 heavy (non-hydrogen) atoms. The molecule has 1 unspecified atom stereocenters. The molecule has 0 bridgehead atoms. The lowest BCUT2D eigenvalue weighted by Gasteiger charge is -2.14. The first-order valence-corrected chi connectivity index (χ1v) is 8.30. The number of carboxylic acids is 1. The Hall–Kier alpha value is -1.76. The summed E-state index contributed by atoms with van der Waals surface area (Å²) in [5, 5.41) is 9.54. The SMILES string of the molecule is COc1ccc(CC(N)C(=O)O)cc1COc1ccc(Cl)cc1Br. The minimum Gasteiger partial charge on any atom is -0.496 e. The monoisotopic (exact) mass is 413 g/mol. The van der Waals surface area contributed by atoms with Gasteiger partial charge in [-0.05, 0) is 58.2 Å². The number of methoxy groups -OCH3 is 1. The van der Waals surface area contributed by atoms with Gasteiger partial charge in [0.15, 0.2) is 0 Å². The highest BCUT2D eigenvalue weighted by molar-refractivity contribution is 9.10. The van der Waals surface area contributed by atoms with Gasteiger partial charge in [-0.15, -0.1) is 0 Å². The highest BCUT2D eigenvalue weighted by atomic mass is 79.9. The van der Waals surface area contributed by atoms with E-state index in [0.717, 1.165) is 15.6 Å². The molecule has 128 valence electrons. The molecule has 0 saturated heterocycles. The van der Waals surface area contributed by atoms with Gasteiger partial charge in [0.25, 0.3) is 0 Å². The van der Waals surface area contributed by atoms with Gasteiger partial charge in [0.05, 0.1) is 11.6 Å². The second kappa shape index (κ2) is 8.37. The van der Waals surface area contributed by atoms with E-state index in [0.29, 0.717) is 16.5 Å². The molecule has 0 aliphatic carbocycles. The van der Waals surface area contributed by atoms with Crippen LogP contribution in [0.4, 0.5) is 0 Å². The van der Waals surface area contributed by atoms with Crippen LogP contribution in [-0.2, 0) is 17.8 Å². The third-order valence-corrected chi connectivity index (χ3v) is 4.25. The smallest absolute Gasteiger partial charge is 0.320 e. The van der Waals surface area contributed by atoms with E-state index in [4.69, 9.17) is 31.9 Å². The van der Waals surface area contributed by atoms with Crippen molar-refractivity contribution in [2.45, 2.75) is 19.1 Å². The number of carbonyl (C=O) groups is 1. The zero-order valence-corrected chi connectivity index (χ0v) is 15.3. The Morgan fingerprint density at radius 1 is 1.29 bits per heavy atom. The average molecular weight is 415 g/mol.